The van der Waals surface area contributed by atoms with Crippen molar-refractivity contribution in [3.05, 3.63) is 77.4 Å². The van der Waals surface area contributed by atoms with Gasteiger partial charge in [0.05, 0.1) is 0 Å². The van der Waals surface area contributed by atoms with E-state index in [2.05, 4.69) is 77.7 Å². The Labute approximate surface area is 220 Å². The maximum atomic E-state index is 12.8. The quantitative estimate of drug-likeness (QED) is 0.252. The van der Waals surface area contributed by atoms with Crippen molar-refractivity contribution in [2.24, 2.45) is 0 Å². The fraction of sp³-hybridized carbons (Fsp3) is 0.393. The van der Waals surface area contributed by atoms with Crippen LogP contribution in [0.2, 0.25) is 0 Å². The number of aromatic nitrogens is 2. The summed E-state index contributed by atoms with van der Waals surface area (Å²) in [5.41, 5.74) is 4.76. The summed E-state index contributed by atoms with van der Waals surface area (Å²) in [6.07, 6.45) is -2.55. The monoisotopic (exact) mass is 534 g/mol. The van der Waals surface area contributed by atoms with E-state index in [1.165, 1.54) is 5.56 Å². The third kappa shape index (κ3) is 8.21. The van der Waals surface area contributed by atoms with Crippen molar-refractivity contribution >= 4 is 22.0 Å². The summed E-state index contributed by atoms with van der Waals surface area (Å²) in [7, 11) is 0.0761. The van der Waals surface area contributed by atoms with E-state index in [-0.39, 0.29) is 16.4 Å². The van der Waals surface area contributed by atoms with Crippen molar-refractivity contribution in [3.63, 3.8) is 0 Å². The highest BCUT2D eigenvalue weighted by Gasteiger charge is 2.38. The van der Waals surface area contributed by atoms with Crippen LogP contribution < -0.4 is 4.90 Å². The van der Waals surface area contributed by atoms with E-state index in [1.54, 1.807) is 12.1 Å². The van der Waals surface area contributed by atoms with Crippen LogP contribution in [0.25, 0.3) is 11.5 Å². The van der Waals surface area contributed by atoms with Crippen molar-refractivity contribution in [3.8, 4) is 11.5 Å². The summed E-state index contributed by atoms with van der Waals surface area (Å²) in [6, 6.07) is 13.4. The van der Waals surface area contributed by atoms with Crippen molar-refractivity contribution < 1.29 is 17.6 Å². The SMILES string of the molecule is C=C(N(CC)CCS(=C)C)N(Cc1ccc(-c2nnc(C(F)(F)F)o2)cc1)c1ccc(C)cc1C.CC. The number of halogens is 3. The summed E-state index contributed by atoms with van der Waals surface area (Å²) < 4.78 is 43.2. The maximum Gasteiger partial charge on any atom is 0.470 e. The Morgan fingerprint density at radius 2 is 1.70 bits per heavy atom. The lowest BCUT2D eigenvalue weighted by Gasteiger charge is -2.36. The topological polar surface area (TPSA) is 45.4 Å². The van der Waals surface area contributed by atoms with Crippen LogP contribution in [0.5, 0.6) is 0 Å². The van der Waals surface area contributed by atoms with E-state index in [0.29, 0.717) is 12.1 Å². The van der Waals surface area contributed by atoms with Gasteiger partial charge in [0.25, 0.3) is 0 Å². The number of nitrogens with zero attached hydrogens (tertiary/aromatic N) is 4. The first-order chi connectivity index (χ1) is 17.5. The van der Waals surface area contributed by atoms with Crippen LogP contribution in [-0.2, 0) is 12.7 Å². The van der Waals surface area contributed by atoms with Crippen LogP contribution in [0.1, 0.15) is 43.4 Å². The molecule has 202 valence electrons. The predicted molar refractivity (Wildman–Crippen MR) is 150 cm³/mol. The second kappa shape index (κ2) is 13.5. The molecule has 0 N–H and O–H groups in total. The van der Waals surface area contributed by atoms with Gasteiger partial charge in [-0.15, -0.1) is 10.2 Å². The molecule has 0 radical (unpaired) electrons. The molecule has 0 aliphatic carbocycles. The second-order valence-corrected chi connectivity index (χ2v) is 10.4. The molecule has 0 aliphatic rings. The predicted octanol–water partition coefficient (Wildman–Crippen LogP) is 7.53. The molecule has 1 atom stereocenters. The van der Waals surface area contributed by atoms with Gasteiger partial charge in [-0.2, -0.15) is 23.7 Å². The number of aryl methyl sites for hydroxylation is 2. The van der Waals surface area contributed by atoms with Gasteiger partial charge in [-0.05, 0) is 56.4 Å². The van der Waals surface area contributed by atoms with Gasteiger partial charge in [-0.1, -0.05) is 56.1 Å². The molecule has 3 aromatic rings. The van der Waals surface area contributed by atoms with E-state index in [0.717, 1.165) is 41.5 Å². The zero-order valence-corrected chi connectivity index (χ0v) is 23.3. The number of hydrogen-bond donors (Lipinski definition) is 0. The van der Waals surface area contributed by atoms with Crippen LogP contribution in [0.15, 0.2) is 59.3 Å². The lowest BCUT2D eigenvalue weighted by molar-refractivity contribution is -0.156. The van der Waals surface area contributed by atoms with Gasteiger partial charge in [0.2, 0.25) is 5.89 Å². The van der Waals surface area contributed by atoms with Crippen LogP contribution in [0.4, 0.5) is 18.9 Å². The molecular formula is C28H37F3N4OS. The van der Waals surface area contributed by atoms with Crippen LogP contribution in [-0.4, -0.2) is 46.1 Å². The number of alkyl halides is 3. The minimum Gasteiger partial charge on any atom is -0.413 e. The molecule has 2 aromatic carbocycles. The largest absolute Gasteiger partial charge is 0.470 e. The standard InChI is InChI=1S/C26H31F3N4OS.C2H6/c1-7-32(14-15-35(5)6)20(4)33(23-13-8-18(2)16-19(23)3)17-21-9-11-22(12-10-21)24-30-31-25(34-24)26(27,28)29;1-2/h8-13,16H,4-5,7,14-15,17H2,1-3,6H3;1-2H3. The van der Waals surface area contributed by atoms with E-state index in [1.807, 2.05) is 26.0 Å². The molecule has 0 aliphatic heterocycles. The molecule has 3 rings (SSSR count). The van der Waals surface area contributed by atoms with Crippen LogP contribution in [0, 0.1) is 13.8 Å². The molecule has 9 heteroatoms. The molecule has 0 bridgehead atoms. The molecule has 0 saturated heterocycles. The maximum absolute atomic E-state index is 12.8. The third-order valence-corrected chi connectivity index (χ3v) is 6.50. The fourth-order valence-corrected chi connectivity index (χ4v) is 4.25. The lowest BCUT2D eigenvalue weighted by atomic mass is 10.1. The third-order valence-electron chi connectivity index (χ3n) is 5.62. The van der Waals surface area contributed by atoms with Gasteiger partial charge in [-0.3, -0.25) is 0 Å². The first-order valence-electron chi connectivity index (χ1n) is 12.2. The van der Waals surface area contributed by atoms with E-state index >= 15 is 0 Å². The zero-order chi connectivity index (χ0) is 27.8. The average Bonchev–Trinajstić information content (AvgIpc) is 3.36. The Hall–Kier alpha value is -3.07. The Morgan fingerprint density at radius 3 is 2.22 bits per heavy atom. The molecule has 0 spiro atoms. The van der Waals surface area contributed by atoms with Crippen molar-refractivity contribution in [2.45, 2.75) is 47.3 Å². The Bertz CT molecular complexity index is 1190. The van der Waals surface area contributed by atoms with Crippen molar-refractivity contribution in [1.82, 2.24) is 15.1 Å². The average molecular weight is 535 g/mol. The van der Waals surface area contributed by atoms with E-state index < -0.39 is 12.1 Å². The molecule has 1 unspecified atom stereocenters. The Morgan fingerprint density at radius 1 is 1.05 bits per heavy atom. The molecule has 37 heavy (non-hydrogen) atoms. The van der Waals surface area contributed by atoms with Crippen LogP contribution in [0.3, 0.4) is 0 Å². The molecule has 5 nitrogen and oxygen atoms in total. The Balaban J connectivity index is 0.00000235. The highest BCUT2D eigenvalue weighted by molar-refractivity contribution is 8.13. The van der Waals surface area contributed by atoms with Gasteiger partial charge < -0.3 is 14.2 Å². The smallest absolute Gasteiger partial charge is 0.413 e. The highest BCUT2D eigenvalue weighted by atomic mass is 32.2. The fourth-order valence-electron chi connectivity index (χ4n) is 3.72. The first kappa shape index (κ1) is 30.2. The minimum atomic E-state index is -4.67. The van der Waals surface area contributed by atoms with Crippen LogP contribution >= 0.6 is 10.5 Å². The Kier molecular flexibility index (Phi) is 11.0. The summed E-state index contributed by atoms with van der Waals surface area (Å²) >= 11 is 0. The van der Waals surface area contributed by atoms with E-state index in [4.69, 9.17) is 4.42 Å². The summed E-state index contributed by atoms with van der Waals surface area (Å²) in [6.45, 7) is 16.9. The normalized spacial score (nSPS) is 11.9. The van der Waals surface area contributed by atoms with Gasteiger partial charge >= 0.3 is 12.1 Å². The van der Waals surface area contributed by atoms with Gasteiger partial charge in [-0.25, -0.2) is 0 Å². The van der Waals surface area contributed by atoms with E-state index in [9.17, 15) is 13.2 Å². The van der Waals surface area contributed by atoms with Gasteiger partial charge in [0, 0.05) is 36.6 Å². The lowest BCUT2D eigenvalue weighted by Crippen LogP contribution is -2.36. The number of benzene rings is 2. The number of anilines is 1. The zero-order valence-electron chi connectivity index (χ0n) is 22.5. The first-order valence-corrected chi connectivity index (χ1v) is 14.2. The molecule has 0 saturated carbocycles. The molecule has 1 heterocycles. The van der Waals surface area contributed by atoms with Gasteiger partial charge in [0.15, 0.2) is 0 Å². The summed E-state index contributed by atoms with van der Waals surface area (Å²) in [5.74, 6) is 4.47. The van der Waals surface area contributed by atoms with Crippen molar-refractivity contribution in [1.29, 1.82) is 0 Å². The highest BCUT2D eigenvalue weighted by Crippen LogP contribution is 2.31. The second-order valence-electron chi connectivity index (χ2n) is 8.46. The van der Waals surface area contributed by atoms with Crippen molar-refractivity contribution in [2.75, 3.05) is 30.0 Å². The molecule has 1 aromatic heterocycles. The molecule has 0 fully saturated rings. The minimum absolute atomic E-state index is 0.0761. The molecule has 0 amide bonds. The van der Waals surface area contributed by atoms with Gasteiger partial charge in [0.1, 0.15) is 5.82 Å². The summed E-state index contributed by atoms with van der Waals surface area (Å²) in [4.78, 5) is 4.43. The number of hydrogen-bond acceptors (Lipinski definition) is 5. The summed E-state index contributed by atoms with van der Waals surface area (Å²) in [5, 5.41) is 6.64. The molecular weight excluding hydrogens is 497 g/mol. The number of rotatable bonds is 10.